The van der Waals surface area contributed by atoms with Crippen LogP contribution in [0.5, 0.6) is 0 Å². The molecule has 18 rings (SSSR count). The lowest BCUT2D eigenvalue weighted by molar-refractivity contribution is 0.426. The van der Waals surface area contributed by atoms with E-state index >= 15 is 0 Å². The van der Waals surface area contributed by atoms with Crippen molar-refractivity contribution < 1.29 is 10.0 Å². The van der Waals surface area contributed by atoms with Gasteiger partial charge in [0.1, 0.15) is 0 Å². The van der Waals surface area contributed by atoms with Gasteiger partial charge in [0.2, 0.25) is 0 Å². The van der Waals surface area contributed by atoms with Gasteiger partial charge in [0.25, 0.3) is 0 Å². The summed E-state index contributed by atoms with van der Waals surface area (Å²) in [4.78, 5) is 59.2. The van der Waals surface area contributed by atoms with Crippen LogP contribution in [0.1, 0.15) is 0 Å². The van der Waals surface area contributed by atoms with E-state index in [9.17, 15) is 0 Å². The molecular formula is C96H66BClN12O2. The van der Waals surface area contributed by atoms with Crippen molar-refractivity contribution in [1.29, 1.82) is 0 Å². The quantitative estimate of drug-likeness (QED) is 0.0867. The van der Waals surface area contributed by atoms with Gasteiger partial charge in [0, 0.05) is 71.8 Å². The maximum absolute atomic E-state index is 8.58. The summed E-state index contributed by atoms with van der Waals surface area (Å²) in [6.45, 7) is 0. The molecule has 112 heavy (non-hydrogen) atoms. The minimum atomic E-state index is -1.34. The minimum Gasteiger partial charge on any atom is -0.423 e. The fourth-order valence-electron chi connectivity index (χ4n) is 12.7. The normalized spacial score (nSPS) is 10.8. The number of aromatic nitrogens is 12. The molecule has 0 atom stereocenters. The van der Waals surface area contributed by atoms with Crippen LogP contribution in [0.3, 0.4) is 0 Å². The van der Waals surface area contributed by atoms with Crippen LogP contribution >= 0.6 is 11.6 Å². The SMILES string of the molecule is Clc1ccc(-c2nc(-c3ccccc3)nc(-c3ccccc3)n2)c(-c2ccc(-c3nc(-c4ccccc4)nc(-c4ccccc4)n3)cc2)c1.OB(O)c1ccccc1.c1ccc(-c2ccc(-c3nc(-c4ccccc4)nc(-c4ccccc4)n3)c(-c3ccc(-c4nc(-c5ccccc5)nc(-c5ccccc5)n4)cc3)c2)cc1. The number of nitrogens with zero attached hydrogens (tertiary/aromatic N) is 12. The molecule has 0 aliphatic rings. The monoisotopic (exact) mass is 1460 g/mol. The van der Waals surface area contributed by atoms with Crippen molar-refractivity contribution in [1.82, 2.24) is 59.8 Å². The molecule has 16 heteroatoms. The third-order valence-electron chi connectivity index (χ3n) is 18.4. The Morgan fingerprint density at radius 2 is 0.348 bits per heavy atom. The number of hydrogen-bond donors (Lipinski definition) is 2. The van der Waals surface area contributed by atoms with Gasteiger partial charge >= 0.3 is 7.12 Å². The molecule has 18 aromatic rings. The second-order valence-corrected chi connectivity index (χ2v) is 26.3. The Balaban J connectivity index is 0.000000153. The Morgan fingerprint density at radius 1 is 0.161 bits per heavy atom. The average molecular weight is 1470 g/mol. The first-order valence-corrected chi connectivity index (χ1v) is 36.7. The Kier molecular flexibility index (Phi) is 21.8. The van der Waals surface area contributed by atoms with Crippen LogP contribution in [0.15, 0.2) is 388 Å². The van der Waals surface area contributed by atoms with Crippen LogP contribution < -0.4 is 5.46 Å². The lowest BCUT2D eigenvalue weighted by Crippen LogP contribution is -2.29. The number of rotatable bonds is 16. The summed E-state index contributed by atoms with van der Waals surface area (Å²) in [6.07, 6.45) is 0. The summed E-state index contributed by atoms with van der Waals surface area (Å²) in [6, 6.07) is 128. The Hall–Kier alpha value is -14.6. The lowest BCUT2D eigenvalue weighted by atomic mass is 9.81. The van der Waals surface area contributed by atoms with E-state index in [1.54, 1.807) is 24.3 Å². The van der Waals surface area contributed by atoms with E-state index in [0.717, 1.165) is 100 Å². The summed E-state index contributed by atoms with van der Waals surface area (Å²) < 4.78 is 0. The zero-order valence-corrected chi connectivity index (χ0v) is 60.9. The van der Waals surface area contributed by atoms with E-state index in [1.807, 2.05) is 285 Å². The maximum Gasteiger partial charge on any atom is 0.488 e. The van der Waals surface area contributed by atoms with Gasteiger partial charge in [0.15, 0.2) is 69.9 Å². The predicted octanol–water partition coefficient (Wildman–Crippen LogP) is 21.1. The summed E-state index contributed by atoms with van der Waals surface area (Å²) >= 11 is 6.61. The fourth-order valence-corrected chi connectivity index (χ4v) is 12.9. The first-order valence-electron chi connectivity index (χ1n) is 36.3. The molecule has 0 radical (unpaired) electrons. The smallest absolute Gasteiger partial charge is 0.423 e. The average Bonchev–Trinajstić information content (AvgIpc) is 0.697. The zero-order chi connectivity index (χ0) is 75.8. The standard InChI is InChI=1S/C48H32N6.C42H27ClN6.C6H7BO2/c1-6-16-33(17-7-1)40-30-31-41(48-53-45(37-22-12-4-13-23-37)52-46(54-48)38-24-14-5-15-25-38)42(32-40)34-26-28-39(29-27-34)47-50-43(35-18-8-2-9-19-35)49-44(51-47)36-20-10-3-11-21-36;43-34-25-26-35(42-48-39(31-17-9-3-10-18-31)47-40(49-42)32-19-11-4-12-20-32)36(27-34)28-21-23-33(24-22-28)41-45-37(29-13-5-1-6-14-29)44-38(46-41)30-15-7-2-8-16-30;8-7(9)6-4-2-1-3-5-6/h1-32H;1-27H;1-5,8-9H. The third kappa shape index (κ3) is 17.0. The molecule has 4 aromatic heterocycles. The molecule has 0 aliphatic heterocycles. The minimum absolute atomic E-state index is 0.525. The molecule has 0 spiro atoms. The van der Waals surface area contributed by atoms with Gasteiger partial charge in [-0.1, -0.05) is 370 Å². The lowest BCUT2D eigenvalue weighted by Gasteiger charge is -2.14. The van der Waals surface area contributed by atoms with E-state index in [-0.39, 0.29) is 0 Å². The van der Waals surface area contributed by atoms with Crippen LogP contribution in [-0.2, 0) is 0 Å². The molecule has 0 aliphatic carbocycles. The topological polar surface area (TPSA) is 195 Å². The van der Waals surface area contributed by atoms with Gasteiger partial charge < -0.3 is 10.0 Å². The molecule has 532 valence electrons. The number of halogens is 1. The fraction of sp³-hybridized carbons (Fsp3) is 0. The van der Waals surface area contributed by atoms with E-state index in [1.165, 1.54) is 0 Å². The summed E-state index contributed by atoms with van der Waals surface area (Å²) in [5.41, 5.74) is 17.4. The van der Waals surface area contributed by atoms with E-state index in [0.29, 0.717) is 80.4 Å². The van der Waals surface area contributed by atoms with Crippen LogP contribution in [-0.4, -0.2) is 77.0 Å². The Labute approximate surface area is 653 Å². The summed E-state index contributed by atoms with van der Waals surface area (Å²) in [7, 11) is -1.34. The molecule has 0 unspecified atom stereocenters. The van der Waals surface area contributed by atoms with Gasteiger partial charge in [-0.3, -0.25) is 0 Å². The molecule has 0 amide bonds. The highest BCUT2D eigenvalue weighted by Gasteiger charge is 2.22. The van der Waals surface area contributed by atoms with Gasteiger partial charge in [-0.15, -0.1) is 0 Å². The first kappa shape index (κ1) is 71.6. The van der Waals surface area contributed by atoms with Crippen molar-refractivity contribution in [2.45, 2.75) is 0 Å². The van der Waals surface area contributed by atoms with Crippen molar-refractivity contribution in [2.24, 2.45) is 0 Å². The van der Waals surface area contributed by atoms with Gasteiger partial charge in [-0.25, -0.2) is 59.8 Å². The molecule has 14 aromatic carbocycles. The number of benzene rings is 14. The summed E-state index contributed by atoms with van der Waals surface area (Å²) in [5, 5.41) is 17.8. The second-order valence-electron chi connectivity index (χ2n) is 25.9. The maximum atomic E-state index is 8.58. The Morgan fingerprint density at radius 3 is 0.589 bits per heavy atom. The molecule has 14 nitrogen and oxygen atoms in total. The predicted molar refractivity (Wildman–Crippen MR) is 449 cm³/mol. The van der Waals surface area contributed by atoms with Crippen LogP contribution in [0.2, 0.25) is 5.02 Å². The highest BCUT2D eigenvalue weighted by atomic mass is 35.5. The van der Waals surface area contributed by atoms with Crippen molar-refractivity contribution >= 4 is 24.2 Å². The van der Waals surface area contributed by atoms with Gasteiger partial charge in [-0.2, -0.15) is 0 Å². The third-order valence-corrected chi connectivity index (χ3v) is 18.6. The first-order chi connectivity index (χ1) is 55.2. The van der Waals surface area contributed by atoms with Gasteiger partial charge in [0.05, 0.1) is 0 Å². The van der Waals surface area contributed by atoms with Crippen LogP contribution in [0.4, 0.5) is 0 Å². The molecular weight excluding hydrogens is 1400 g/mol. The molecule has 2 N–H and O–H groups in total. The van der Waals surface area contributed by atoms with Crippen molar-refractivity contribution in [3.8, 4) is 170 Å². The van der Waals surface area contributed by atoms with E-state index < -0.39 is 7.12 Å². The molecule has 4 heterocycles. The highest BCUT2D eigenvalue weighted by molar-refractivity contribution is 6.58. The second kappa shape index (κ2) is 34.1. The molecule has 0 saturated heterocycles. The number of hydrogen-bond acceptors (Lipinski definition) is 14. The largest absolute Gasteiger partial charge is 0.488 e. The molecule has 0 bridgehead atoms. The molecule has 0 fully saturated rings. The van der Waals surface area contributed by atoms with Gasteiger partial charge in [-0.05, 0) is 69.2 Å². The van der Waals surface area contributed by atoms with Crippen LogP contribution in [0, 0.1) is 0 Å². The van der Waals surface area contributed by atoms with Crippen molar-refractivity contribution in [2.75, 3.05) is 0 Å². The zero-order valence-electron chi connectivity index (χ0n) is 60.2. The summed E-state index contributed by atoms with van der Waals surface area (Å²) in [5.74, 6) is 7.25. The van der Waals surface area contributed by atoms with Crippen molar-refractivity contribution in [3.05, 3.63) is 393 Å². The highest BCUT2D eigenvalue weighted by Crippen LogP contribution is 2.40. The Bertz CT molecular complexity index is 5960. The molecule has 0 saturated carbocycles. The van der Waals surface area contributed by atoms with E-state index in [4.69, 9.17) is 81.5 Å². The van der Waals surface area contributed by atoms with E-state index in [2.05, 4.69) is 78.9 Å². The van der Waals surface area contributed by atoms with Crippen LogP contribution in [0.25, 0.3) is 170 Å². The van der Waals surface area contributed by atoms with Crippen molar-refractivity contribution in [3.63, 3.8) is 0 Å².